The Labute approximate surface area is 617 Å². The van der Waals surface area contributed by atoms with Crippen molar-refractivity contribution in [3.63, 3.8) is 0 Å². The number of pyridine rings is 16. The number of fused-ring (bicyclic) bond motifs is 8. The Kier molecular flexibility index (Phi) is 14.4. The van der Waals surface area contributed by atoms with E-state index < -0.39 is 0 Å². The highest BCUT2D eigenvalue weighted by Crippen LogP contribution is 2.57. The molecule has 20 heteroatoms. The Hall–Kier alpha value is -14.4. The quantitative estimate of drug-likeness (QED) is 0.104. The molecule has 0 fully saturated rings. The second-order valence-electron chi connectivity index (χ2n) is 27.4. The van der Waals surface area contributed by atoms with E-state index >= 15 is 0 Å². The highest BCUT2D eigenvalue weighted by Gasteiger charge is 2.34. The Bertz CT molecular complexity index is 6010. The van der Waals surface area contributed by atoms with Crippen LogP contribution in [-0.4, -0.2) is 79.7 Å². The summed E-state index contributed by atoms with van der Waals surface area (Å²) in [6, 6.07) is 45.1. The maximum absolute atomic E-state index is 5.25. The minimum absolute atomic E-state index is 0.749. The normalized spacial score (nSPS) is 11.9. The fourth-order valence-electron chi connectivity index (χ4n) is 16.1. The second-order valence-corrected chi connectivity index (χ2v) is 27.4. The number of anilines is 12. The summed E-state index contributed by atoms with van der Waals surface area (Å²) in [5.74, 6) is 0. The van der Waals surface area contributed by atoms with Gasteiger partial charge in [0.25, 0.3) is 0 Å². The van der Waals surface area contributed by atoms with Crippen LogP contribution >= 0.6 is 0 Å². The fraction of sp³-hybridized carbons (Fsp3) is 0.0909. The average Bonchev–Trinajstić information content (AvgIpc) is 0.694. The average molecular weight is 1400 g/mol. The molecule has 0 saturated carbocycles. The lowest BCUT2D eigenvalue weighted by molar-refractivity contribution is 1.17. The van der Waals surface area contributed by atoms with E-state index in [-0.39, 0.29) is 0 Å². The van der Waals surface area contributed by atoms with Crippen LogP contribution in [0.2, 0.25) is 0 Å². The molecule has 16 aromatic heterocycles. The molecule has 20 nitrogen and oxygen atoms in total. The minimum atomic E-state index is 0.749. The van der Waals surface area contributed by atoms with Gasteiger partial charge in [-0.1, -0.05) is 24.3 Å². The van der Waals surface area contributed by atoms with Crippen molar-refractivity contribution in [2.45, 2.75) is 55.4 Å². The first-order valence-corrected chi connectivity index (χ1v) is 35.6. The number of hydrogen-bond donors (Lipinski definition) is 0. The van der Waals surface area contributed by atoms with Crippen LogP contribution in [-0.2, 0) is 0 Å². The van der Waals surface area contributed by atoms with Crippen molar-refractivity contribution in [1.82, 2.24) is 79.7 Å². The van der Waals surface area contributed by atoms with Crippen LogP contribution < -0.4 is 19.6 Å². The van der Waals surface area contributed by atoms with Crippen LogP contribution in [0.3, 0.4) is 0 Å². The molecule has 20 aromatic rings. The van der Waals surface area contributed by atoms with Gasteiger partial charge in [0.1, 0.15) is 0 Å². The predicted octanol–water partition coefficient (Wildman–Crippen LogP) is 20.5. The van der Waals surface area contributed by atoms with E-state index in [4.69, 9.17) is 79.7 Å². The molecular weight excluding hydrogens is 1340 g/mol. The molecule has 0 aliphatic carbocycles. The Balaban J connectivity index is 1.02. The molecule has 0 radical (unpaired) electrons. The van der Waals surface area contributed by atoms with Crippen molar-refractivity contribution in [3.8, 4) is 0 Å². The molecule has 0 N–H and O–H groups in total. The molecule has 0 bridgehead atoms. The van der Waals surface area contributed by atoms with Gasteiger partial charge in [-0.2, -0.15) is 0 Å². The molecule has 20 rings (SSSR count). The maximum Gasteiger partial charge on any atom is 0.0936 e. The van der Waals surface area contributed by atoms with Gasteiger partial charge < -0.3 is 19.6 Å². The summed E-state index contributed by atoms with van der Waals surface area (Å²) in [6.45, 7) is 17.0. The summed E-state index contributed by atoms with van der Waals surface area (Å²) in [5.41, 5.74) is 28.5. The van der Waals surface area contributed by atoms with E-state index in [0.717, 1.165) is 233 Å². The van der Waals surface area contributed by atoms with Crippen LogP contribution in [0.5, 0.6) is 0 Å². The van der Waals surface area contributed by atoms with Crippen LogP contribution in [0.4, 0.5) is 68.2 Å². The first kappa shape index (κ1) is 63.3. The van der Waals surface area contributed by atoms with Crippen LogP contribution in [0.15, 0.2) is 233 Å². The first-order chi connectivity index (χ1) is 52.9. The molecule has 16 heterocycles. The van der Waals surface area contributed by atoms with E-state index in [0.29, 0.717) is 0 Å². The van der Waals surface area contributed by atoms with Gasteiger partial charge in [0, 0.05) is 126 Å². The van der Waals surface area contributed by atoms with Gasteiger partial charge >= 0.3 is 0 Å². The van der Waals surface area contributed by atoms with Crippen LogP contribution in [0, 0.1) is 55.4 Å². The van der Waals surface area contributed by atoms with Gasteiger partial charge in [0.05, 0.1) is 206 Å². The summed E-state index contributed by atoms with van der Waals surface area (Å²) in [7, 11) is 0. The second kappa shape index (κ2) is 24.6. The minimum Gasteiger partial charge on any atom is -0.306 e. The Morgan fingerprint density at radius 2 is 0.324 bits per heavy atom. The zero-order valence-corrected chi connectivity index (χ0v) is 59.9. The molecule has 0 aliphatic rings. The smallest absolute Gasteiger partial charge is 0.0936 e. The number of hydrogen-bond acceptors (Lipinski definition) is 20. The number of aromatic nitrogens is 16. The molecule has 0 unspecified atom stereocenters. The van der Waals surface area contributed by atoms with Gasteiger partial charge in [0.2, 0.25) is 0 Å². The number of benzene rings is 4. The Morgan fingerprint density at radius 3 is 0.472 bits per heavy atom. The maximum atomic E-state index is 5.25. The van der Waals surface area contributed by atoms with Gasteiger partial charge in [0.15, 0.2) is 0 Å². The van der Waals surface area contributed by atoms with E-state index in [1.165, 1.54) is 0 Å². The standard InChI is InChI=1S/C88H62N20/c1-47-71(39-97-59-17-9-29-89-81(47)59)105(72-40-98-60-18-10-30-90-82(60)48(72)2)67-37-68(106(73-41-99-61-19-11-31-91-83(61)49(73)3)74-42-100-62-20-12-32-92-84(62)50(74)4)56-27-28-58-70(108(77-45-103-65-23-15-35-95-87(65)53(77)7)78-46-104-66-24-16-36-96-88(66)54(78)8)38-69(57-26-25-55(67)79(56)80(57)58)107(75-43-101-63-21-13-33-93-85(63)51(75)5)76-44-102-64-22-14-34-94-86(64)52(76)6/h9-46H,1-8H3. The molecule has 0 saturated heterocycles. The van der Waals surface area contributed by atoms with Gasteiger partial charge in [-0.15, -0.1) is 0 Å². The molecule has 4 aromatic carbocycles. The third-order valence-electron chi connectivity index (χ3n) is 21.5. The van der Waals surface area contributed by atoms with Crippen molar-refractivity contribution in [3.05, 3.63) is 277 Å². The van der Waals surface area contributed by atoms with Gasteiger partial charge in [-0.05, 0) is 165 Å². The van der Waals surface area contributed by atoms with Crippen molar-refractivity contribution < 1.29 is 0 Å². The number of rotatable bonds is 12. The number of aryl methyl sites for hydroxylation is 8. The molecule has 0 atom stereocenters. The highest BCUT2D eigenvalue weighted by molar-refractivity contribution is 6.33. The van der Waals surface area contributed by atoms with E-state index in [1.54, 1.807) is 0 Å². The van der Waals surface area contributed by atoms with Gasteiger partial charge in [-0.25, -0.2) is 0 Å². The third-order valence-corrected chi connectivity index (χ3v) is 21.5. The molecule has 0 aliphatic heterocycles. The lowest BCUT2D eigenvalue weighted by atomic mass is 9.88. The SMILES string of the molecule is Cc1c(N(c2cnc3cccnc3c2C)c2cc(N(c3cnc4cccnc4c3C)c3cnc4cccnc4c3C)c3ccc4c(N(c5cnc6cccnc6c5C)c5cnc6cccnc6c5C)cc(N(c5cnc6cccnc6c5C)c5cnc6cccnc6c5C)c5ccc2c3c54)cnc2cccnc12. The zero-order chi connectivity index (χ0) is 72.7. The summed E-state index contributed by atoms with van der Waals surface area (Å²) in [6.07, 6.45) is 30.3. The summed E-state index contributed by atoms with van der Waals surface area (Å²) < 4.78 is 0. The van der Waals surface area contributed by atoms with E-state index in [9.17, 15) is 0 Å². The molecule has 0 spiro atoms. The van der Waals surface area contributed by atoms with Crippen LogP contribution in [0.1, 0.15) is 44.5 Å². The molecular formula is C88H62N20. The molecule has 514 valence electrons. The fourth-order valence-corrected chi connectivity index (χ4v) is 16.1. The Morgan fingerprint density at radius 1 is 0.176 bits per heavy atom. The van der Waals surface area contributed by atoms with E-state index in [1.807, 2.05) is 196 Å². The van der Waals surface area contributed by atoms with E-state index in [2.05, 4.69) is 111 Å². The largest absolute Gasteiger partial charge is 0.306 e. The predicted molar refractivity (Wildman–Crippen MR) is 432 cm³/mol. The van der Waals surface area contributed by atoms with Crippen molar-refractivity contribution in [2.75, 3.05) is 19.6 Å². The summed E-state index contributed by atoms with van der Waals surface area (Å²) >= 11 is 0. The summed E-state index contributed by atoms with van der Waals surface area (Å²) in [5, 5.41) is 5.38. The topological polar surface area (TPSA) is 219 Å². The first-order valence-electron chi connectivity index (χ1n) is 35.6. The highest BCUT2D eigenvalue weighted by atomic mass is 15.2. The van der Waals surface area contributed by atoms with Crippen molar-refractivity contribution >= 4 is 189 Å². The van der Waals surface area contributed by atoms with Crippen LogP contribution in [0.25, 0.3) is 121 Å². The lowest BCUT2D eigenvalue weighted by Gasteiger charge is -2.36. The zero-order valence-electron chi connectivity index (χ0n) is 59.9. The molecule has 0 amide bonds. The monoisotopic (exact) mass is 1400 g/mol. The van der Waals surface area contributed by atoms with Crippen molar-refractivity contribution in [1.29, 1.82) is 0 Å². The third kappa shape index (κ3) is 9.62. The lowest BCUT2D eigenvalue weighted by Crippen LogP contribution is -2.19. The van der Waals surface area contributed by atoms with Crippen molar-refractivity contribution in [2.24, 2.45) is 0 Å². The van der Waals surface area contributed by atoms with Gasteiger partial charge in [-0.3, -0.25) is 79.7 Å². The molecule has 108 heavy (non-hydrogen) atoms. The number of nitrogens with zero attached hydrogens (tertiary/aromatic N) is 20. The summed E-state index contributed by atoms with van der Waals surface area (Å²) in [4.78, 5) is 91.7.